The Morgan fingerprint density at radius 2 is 2.18 bits per heavy atom. The van der Waals surface area contributed by atoms with Crippen LogP contribution in [0.25, 0.3) is 0 Å². The molecule has 11 heavy (non-hydrogen) atoms. The van der Waals surface area contributed by atoms with Crippen LogP contribution in [0.1, 0.15) is 26.2 Å². The zero-order chi connectivity index (χ0) is 7.78. The summed E-state index contributed by atoms with van der Waals surface area (Å²) in [4.78, 5) is 10.3. The van der Waals surface area contributed by atoms with Crippen LogP contribution >= 0.6 is 12.4 Å². The number of carbonyl (C=O) groups is 1. The van der Waals surface area contributed by atoms with Gasteiger partial charge in [0.2, 0.25) is 0 Å². The molecule has 0 radical (unpaired) electrons. The maximum Gasteiger partial charge on any atom is 0.320 e. The molecule has 1 atom stereocenters. The fraction of sp³-hybridized carbons (Fsp3) is 0.857. The molecule has 66 valence electrons. The number of hydrogen-bond acceptors (Lipinski definition) is 2. The SMILES string of the molecule is CC1(C[C@@H](N)C(=O)O)CC1.Cl. The normalized spacial score (nSPS) is 21.6. The van der Waals surface area contributed by atoms with E-state index in [2.05, 4.69) is 6.92 Å². The molecule has 4 heteroatoms. The first-order valence-electron chi connectivity index (χ1n) is 3.52. The van der Waals surface area contributed by atoms with E-state index >= 15 is 0 Å². The minimum Gasteiger partial charge on any atom is -0.480 e. The summed E-state index contributed by atoms with van der Waals surface area (Å²) in [5, 5.41) is 8.45. The molecule has 0 heterocycles. The van der Waals surface area contributed by atoms with Crippen molar-refractivity contribution in [2.24, 2.45) is 11.1 Å². The molecule has 0 aliphatic heterocycles. The van der Waals surface area contributed by atoms with E-state index in [-0.39, 0.29) is 17.8 Å². The topological polar surface area (TPSA) is 63.3 Å². The van der Waals surface area contributed by atoms with Crippen LogP contribution in [0.5, 0.6) is 0 Å². The molecule has 1 aliphatic carbocycles. The molecule has 1 rings (SSSR count). The number of aliphatic carboxylic acids is 1. The first kappa shape index (κ1) is 10.7. The third-order valence-electron chi connectivity index (χ3n) is 2.13. The molecule has 0 unspecified atom stereocenters. The van der Waals surface area contributed by atoms with E-state index in [1.165, 1.54) is 0 Å². The Morgan fingerprint density at radius 3 is 2.45 bits per heavy atom. The van der Waals surface area contributed by atoms with Gasteiger partial charge in [-0.1, -0.05) is 6.92 Å². The zero-order valence-corrected chi connectivity index (χ0v) is 7.36. The molecule has 0 spiro atoms. The Hall–Kier alpha value is -0.280. The van der Waals surface area contributed by atoms with Crippen LogP contribution < -0.4 is 5.73 Å². The van der Waals surface area contributed by atoms with Gasteiger partial charge in [-0.3, -0.25) is 4.79 Å². The van der Waals surface area contributed by atoms with E-state index < -0.39 is 12.0 Å². The smallest absolute Gasteiger partial charge is 0.320 e. The van der Waals surface area contributed by atoms with Crippen molar-refractivity contribution in [2.45, 2.75) is 32.2 Å². The van der Waals surface area contributed by atoms with Crippen LogP contribution in [0.4, 0.5) is 0 Å². The molecule has 0 aromatic rings. The molecule has 0 bridgehead atoms. The first-order chi connectivity index (χ1) is 4.53. The van der Waals surface area contributed by atoms with E-state index in [0.29, 0.717) is 6.42 Å². The molecule has 1 fully saturated rings. The summed E-state index contributed by atoms with van der Waals surface area (Å²) in [5.41, 5.74) is 5.59. The second-order valence-corrected chi connectivity index (χ2v) is 3.46. The van der Waals surface area contributed by atoms with Crippen molar-refractivity contribution in [3.05, 3.63) is 0 Å². The lowest BCUT2D eigenvalue weighted by Gasteiger charge is -2.10. The summed E-state index contributed by atoms with van der Waals surface area (Å²) in [5.74, 6) is -0.881. The van der Waals surface area contributed by atoms with E-state index in [4.69, 9.17) is 10.8 Å². The van der Waals surface area contributed by atoms with Gasteiger partial charge in [0, 0.05) is 0 Å². The minimum atomic E-state index is -0.881. The summed E-state index contributed by atoms with van der Waals surface area (Å²) >= 11 is 0. The van der Waals surface area contributed by atoms with Gasteiger partial charge in [-0.05, 0) is 24.7 Å². The first-order valence-corrected chi connectivity index (χ1v) is 3.52. The monoisotopic (exact) mass is 179 g/mol. The van der Waals surface area contributed by atoms with Crippen molar-refractivity contribution in [1.82, 2.24) is 0 Å². The lowest BCUT2D eigenvalue weighted by atomic mass is 10.0. The molecule has 0 aromatic carbocycles. The van der Waals surface area contributed by atoms with Crippen LogP contribution in [-0.4, -0.2) is 17.1 Å². The van der Waals surface area contributed by atoms with Crippen LogP contribution in [-0.2, 0) is 4.79 Å². The van der Waals surface area contributed by atoms with E-state index in [0.717, 1.165) is 12.8 Å². The van der Waals surface area contributed by atoms with Crippen molar-refractivity contribution in [1.29, 1.82) is 0 Å². The second-order valence-electron chi connectivity index (χ2n) is 3.46. The van der Waals surface area contributed by atoms with Gasteiger partial charge in [-0.15, -0.1) is 12.4 Å². The Balaban J connectivity index is 0.000001000. The highest BCUT2D eigenvalue weighted by molar-refractivity contribution is 5.85. The molecule has 3 nitrogen and oxygen atoms in total. The highest BCUT2D eigenvalue weighted by Gasteiger charge is 2.39. The molecule has 1 aliphatic rings. The third kappa shape index (κ3) is 3.08. The molecule has 0 saturated heterocycles. The van der Waals surface area contributed by atoms with Gasteiger partial charge in [0.1, 0.15) is 6.04 Å². The maximum absolute atomic E-state index is 10.3. The van der Waals surface area contributed by atoms with Gasteiger partial charge in [0.25, 0.3) is 0 Å². The Kier molecular flexibility index (Phi) is 3.32. The molecule has 3 N–H and O–H groups in total. The highest BCUT2D eigenvalue weighted by atomic mass is 35.5. The molecule has 1 saturated carbocycles. The summed E-state index contributed by atoms with van der Waals surface area (Å²) in [7, 11) is 0. The van der Waals surface area contributed by atoms with Gasteiger partial charge in [0.05, 0.1) is 0 Å². The fourth-order valence-corrected chi connectivity index (χ4v) is 1.04. The summed E-state index contributed by atoms with van der Waals surface area (Å²) in [6.07, 6.45) is 2.89. The maximum atomic E-state index is 10.3. The molecular formula is C7H14ClNO2. The lowest BCUT2D eigenvalue weighted by Crippen LogP contribution is -2.32. The lowest BCUT2D eigenvalue weighted by molar-refractivity contribution is -0.139. The largest absolute Gasteiger partial charge is 0.480 e. The van der Waals surface area contributed by atoms with E-state index in [1.807, 2.05) is 0 Å². The van der Waals surface area contributed by atoms with Gasteiger partial charge in [-0.25, -0.2) is 0 Å². The average Bonchev–Trinajstić information content (AvgIpc) is 2.47. The predicted octanol–water partition coefficient (Wildman–Crippen LogP) is 1.01. The number of rotatable bonds is 3. The summed E-state index contributed by atoms with van der Waals surface area (Å²) in [6.45, 7) is 2.08. The number of nitrogens with two attached hydrogens (primary N) is 1. The standard InChI is InChI=1S/C7H13NO2.ClH/c1-7(2-3-7)4-5(8)6(9)10;/h5H,2-4,8H2,1H3,(H,9,10);1H/t5-;/m1./s1. The van der Waals surface area contributed by atoms with Gasteiger partial charge in [0.15, 0.2) is 0 Å². The molecule has 0 amide bonds. The van der Waals surface area contributed by atoms with Crippen LogP contribution in [0.15, 0.2) is 0 Å². The predicted molar refractivity (Wildman–Crippen MR) is 44.8 cm³/mol. The quantitative estimate of drug-likeness (QED) is 0.680. The van der Waals surface area contributed by atoms with Crippen molar-refractivity contribution in [2.75, 3.05) is 0 Å². The minimum absolute atomic E-state index is 0. The Morgan fingerprint density at radius 1 is 1.73 bits per heavy atom. The second kappa shape index (κ2) is 3.41. The van der Waals surface area contributed by atoms with Crippen LogP contribution in [0.2, 0.25) is 0 Å². The number of hydrogen-bond donors (Lipinski definition) is 2. The van der Waals surface area contributed by atoms with Crippen molar-refractivity contribution in [3.8, 4) is 0 Å². The summed E-state index contributed by atoms with van der Waals surface area (Å²) in [6, 6.07) is -0.660. The number of carboxylic acid groups (broad SMARTS) is 1. The number of halogens is 1. The van der Waals surface area contributed by atoms with Gasteiger partial charge >= 0.3 is 5.97 Å². The Labute approximate surface area is 72.4 Å². The van der Waals surface area contributed by atoms with E-state index in [9.17, 15) is 4.79 Å². The average molecular weight is 180 g/mol. The molecule has 0 aromatic heterocycles. The Bertz CT molecular complexity index is 157. The summed E-state index contributed by atoms with van der Waals surface area (Å²) < 4.78 is 0. The van der Waals surface area contributed by atoms with Gasteiger partial charge in [-0.2, -0.15) is 0 Å². The van der Waals surface area contributed by atoms with Crippen molar-refractivity contribution in [3.63, 3.8) is 0 Å². The van der Waals surface area contributed by atoms with Crippen molar-refractivity contribution < 1.29 is 9.90 Å². The van der Waals surface area contributed by atoms with Gasteiger partial charge < -0.3 is 10.8 Å². The zero-order valence-electron chi connectivity index (χ0n) is 6.54. The highest BCUT2D eigenvalue weighted by Crippen LogP contribution is 2.48. The van der Waals surface area contributed by atoms with E-state index in [1.54, 1.807) is 0 Å². The fourth-order valence-electron chi connectivity index (χ4n) is 1.04. The van der Waals surface area contributed by atoms with Crippen LogP contribution in [0.3, 0.4) is 0 Å². The molecular weight excluding hydrogens is 166 g/mol. The van der Waals surface area contributed by atoms with Crippen LogP contribution in [0, 0.1) is 5.41 Å². The third-order valence-corrected chi connectivity index (χ3v) is 2.13. The number of carboxylic acids is 1. The van der Waals surface area contributed by atoms with Crippen molar-refractivity contribution >= 4 is 18.4 Å².